The van der Waals surface area contributed by atoms with Crippen LogP contribution in [0.5, 0.6) is 0 Å². The Balaban J connectivity index is -0.000000853. The van der Waals surface area contributed by atoms with Crippen LogP contribution in [0.4, 0.5) is 0 Å². The van der Waals surface area contributed by atoms with Crippen molar-refractivity contribution in [2.75, 3.05) is 52.5 Å². The standard InChI is InChI=1S/2C13H21N3O8.3Hf/c2*17-3-1-2-14-8-11(22)9(15-4-6(18)19)13(24)10(12(8)23)16-5-7(20)21;;;/h2*8-16H,1-5H2,(H,18,19)(H,20,21);;;/q2*-4;3*+4/p-4/t2*8?,9-,10+,11-,12+,13?;;;. The molecule has 0 heterocycles. The molecule has 0 aromatic carbocycles. The molecule has 0 saturated heterocycles. The number of hydrogen-bond donors (Lipinski definition) is 6. The predicted octanol–water partition coefficient (Wildman–Crippen LogP) is -19.4. The predicted molar refractivity (Wildman–Crippen MR) is 132 cm³/mol. The number of carbonyl (C=O) groups excluding carboxylic acids is 4. The fourth-order valence-electron chi connectivity index (χ4n) is 5.34. The summed E-state index contributed by atoms with van der Waals surface area (Å²) in [5.41, 5.74) is 0. The van der Waals surface area contributed by atoms with Crippen molar-refractivity contribution in [3.05, 3.63) is 0 Å². The van der Waals surface area contributed by atoms with Gasteiger partial charge in [0.2, 0.25) is 0 Å². The van der Waals surface area contributed by atoms with E-state index in [1.54, 1.807) is 0 Å². The minimum Gasteiger partial charge on any atom is -0.854 e. The zero-order chi connectivity index (χ0) is 36.6. The fourth-order valence-corrected chi connectivity index (χ4v) is 5.34. The summed E-state index contributed by atoms with van der Waals surface area (Å²) in [5, 5.41) is 151. The Hall–Kier alpha value is -0.0696. The molecular formula is C26H38Hf3N6O16. The van der Waals surface area contributed by atoms with E-state index in [0.29, 0.717) is 0 Å². The van der Waals surface area contributed by atoms with Gasteiger partial charge in [0.25, 0.3) is 0 Å². The number of carbonyl (C=O) groups is 4. The Labute approximate surface area is 349 Å². The van der Waals surface area contributed by atoms with Crippen LogP contribution in [0.25, 0.3) is 0 Å². The quantitative estimate of drug-likeness (QED) is 0.0487. The molecule has 4 unspecified atom stereocenters. The van der Waals surface area contributed by atoms with Crippen molar-refractivity contribution in [1.82, 2.24) is 31.9 Å². The molecule has 22 nitrogen and oxygen atoms in total. The van der Waals surface area contributed by atoms with Crippen molar-refractivity contribution in [2.45, 2.75) is 85.7 Å². The molecule has 2 aliphatic rings. The van der Waals surface area contributed by atoms with E-state index < -0.39 is 136 Å². The number of hydrogen-bond acceptors (Lipinski definition) is 22. The summed E-state index contributed by atoms with van der Waals surface area (Å²) in [4.78, 5) is 42.1. The molecule has 12 atom stereocenters. The smallest absolute Gasteiger partial charge is 0.854 e. The summed E-state index contributed by atoms with van der Waals surface area (Å²) in [5.74, 6) is -6.13. The van der Waals surface area contributed by atoms with E-state index in [1.165, 1.54) is 0 Å². The van der Waals surface area contributed by atoms with Crippen LogP contribution in [0.15, 0.2) is 0 Å². The summed E-state index contributed by atoms with van der Waals surface area (Å²) in [6, 6.07) is -8.29. The Morgan fingerprint density at radius 3 is 0.706 bits per heavy atom. The van der Waals surface area contributed by atoms with E-state index in [9.17, 15) is 80.5 Å². The Bertz CT molecular complexity index is 877. The molecule has 2 aliphatic carbocycles. The molecule has 0 aliphatic heterocycles. The van der Waals surface area contributed by atoms with Gasteiger partial charge in [-0.05, 0) is 49.3 Å². The normalized spacial score (nSPS) is 31.4. The van der Waals surface area contributed by atoms with E-state index in [-0.39, 0.29) is 103 Å². The number of carboxylic acid groups (broad SMARTS) is 4. The van der Waals surface area contributed by atoms with Gasteiger partial charge in [-0.1, -0.05) is 49.5 Å². The van der Waals surface area contributed by atoms with Gasteiger partial charge in [0.05, 0.1) is 23.9 Å². The monoisotopic (exact) mass is 1230 g/mol. The molecular weight excluding hydrogens is 1190 g/mol. The molecule has 0 spiro atoms. The van der Waals surface area contributed by atoms with E-state index in [1.807, 2.05) is 0 Å². The van der Waals surface area contributed by atoms with Crippen LogP contribution >= 0.6 is 0 Å². The second kappa shape index (κ2) is 29.2. The molecule has 6 N–H and O–H groups in total. The molecule has 280 valence electrons. The summed E-state index contributed by atoms with van der Waals surface area (Å²) in [6.07, 6.45) is -10.4. The first-order valence-electron chi connectivity index (χ1n) is 14.9. The van der Waals surface area contributed by atoms with E-state index in [4.69, 9.17) is 0 Å². The van der Waals surface area contributed by atoms with Crippen LogP contribution in [0.3, 0.4) is 0 Å². The minimum absolute atomic E-state index is 0. The van der Waals surface area contributed by atoms with Crippen molar-refractivity contribution >= 4 is 23.9 Å². The molecule has 0 amide bonds. The van der Waals surface area contributed by atoms with Crippen LogP contribution < -0.4 is 93.2 Å². The Morgan fingerprint density at radius 1 is 0.373 bits per heavy atom. The Morgan fingerprint density at radius 2 is 0.549 bits per heavy atom. The van der Waals surface area contributed by atoms with Gasteiger partial charge < -0.3 is 112 Å². The summed E-state index contributed by atoms with van der Waals surface area (Å²) < 4.78 is 0. The Kier molecular flexibility index (Phi) is 31.7. The number of rotatable bonds is 20. The van der Waals surface area contributed by atoms with Gasteiger partial charge in [0, 0.05) is 26.2 Å². The molecule has 0 bridgehead atoms. The molecule has 0 radical (unpaired) electrons. The maximum atomic E-state index is 12.3. The van der Waals surface area contributed by atoms with Crippen LogP contribution in [0.2, 0.25) is 0 Å². The zero-order valence-electron chi connectivity index (χ0n) is 27.0. The largest absolute Gasteiger partial charge is 4.00 e. The van der Waals surface area contributed by atoms with Crippen molar-refractivity contribution in [3.63, 3.8) is 0 Å². The third-order valence-electron chi connectivity index (χ3n) is 7.58. The first-order chi connectivity index (χ1) is 22.6. The summed E-state index contributed by atoms with van der Waals surface area (Å²) in [7, 11) is 0. The van der Waals surface area contributed by atoms with E-state index in [2.05, 4.69) is 31.9 Å². The van der Waals surface area contributed by atoms with Gasteiger partial charge in [-0.25, -0.2) is 0 Å². The summed E-state index contributed by atoms with van der Waals surface area (Å²) in [6.45, 7) is -3.72. The van der Waals surface area contributed by atoms with Gasteiger partial charge in [0.15, 0.2) is 0 Å². The first kappa shape index (κ1) is 55.3. The SMILES string of the molecule is O=C([O-])CN[C@@H]1C([O-])[C@H](NCC(=O)[O-])[C@H]([O-])C(NCCC[O-])[C@@H]1[O-].O=C([O-])CN[C@@H]1C([O-])[C@H](NCC(=O)[O-])[C@H]([O-])C(NCCC[O-])[C@@H]1[O-].[Hf+4].[Hf+4].[Hf+4]. The molecule has 2 saturated carbocycles. The zero-order valence-corrected chi connectivity index (χ0v) is 37.8. The second-order valence-corrected chi connectivity index (χ2v) is 11.0. The van der Waals surface area contributed by atoms with E-state index in [0.717, 1.165) is 0 Å². The molecule has 0 aromatic heterocycles. The maximum Gasteiger partial charge on any atom is 4.00 e. The first-order valence-corrected chi connectivity index (χ1v) is 14.9. The molecule has 2 rings (SSSR count). The van der Waals surface area contributed by atoms with Crippen LogP contribution in [0, 0.1) is 0 Å². The van der Waals surface area contributed by atoms with Gasteiger partial charge in [-0.15, -0.1) is 13.2 Å². The van der Waals surface area contributed by atoms with Crippen molar-refractivity contribution in [2.24, 2.45) is 0 Å². The second-order valence-electron chi connectivity index (χ2n) is 11.0. The van der Waals surface area contributed by atoms with Crippen molar-refractivity contribution in [1.29, 1.82) is 0 Å². The minimum atomic E-state index is -1.86. The van der Waals surface area contributed by atoms with Crippen LogP contribution in [0.1, 0.15) is 12.8 Å². The topological polar surface area (TPSA) is 417 Å². The summed E-state index contributed by atoms with van der Waals surface area (Å²) >= 11 is 0. The number of carboxylic acids is 4. The van der Waals surface area contributed by atoms with Gasteiger partial charge in [-0.3, -0.25) is 0 Å². The van der Waals surface area contributed by atoms with E-state index >= 15 is 0 Å². The van der Waals surface area contributed by atoms with Gasteiger partial charge in [0.1, 0.15) is 0 Å². The van der Waals surface area contributed by atoms with Gasteiger partial charge in [-0.2, -0.15) is 0 Å². The third-order valence-corrected chi connectivity index (χ3v) is 7.58. The fraction of sp³-hybridized carbons (Fsp3) is 0.846. The van der Waals surface area contributed by atoms with Crippen LogP contribution in [-0.2, 0) is 96.7 Å². The average molecular weight is 1230 g/mol. The van der Waals surface area contributed by atoms with Crippen molar-refractivity contribution in [3.8, 4) is 0 Å². The maximum absolute atomic E-state index is 12.3. The van der Waals surface area contributed by atoms with Gasteiger partial charge >= 0.3 is 77.5 Å². The molecule has 0 aromatic rings. The average Bonchev–Trinajstić information content (AvgIpc) is 3.00. The molecule has 25 heteroatoms. The molecule has 51 heavy (non-hydrogen) atoms. The van der Waals surface area contributed by atoms with Crippen LogP contribution in [-0.4, -0.2) is 149 Å². The van der Waals surface area contributed by atoms with Crippen molar-refractivity contribution < 1.29 is 158 Å². The number of aliphatic carboxylic acids is 4. The third kappa shape index (κ3) is 18.9. The number of nitrogens with one attached hydrogen (secondary N) is 6. The molecule has 2 fully saturated rings.